The molecule has 10 rings (SSSR count). The van der Waals surface area contributed by atoms with Crippen molar-refractivity contribution < 1.29 is 0 Å². The van der Waals surface area contributed by atoms with E-state index in [2.05, 4.69) is 165 Å². The molecule has 10 aromatic rings. The number of aromatic nitrogens is 2. The fourth-order valence-corrected chi connectivity index (χ4v) is 9.14. The molecule has 0 saturated heterocycles. The van der Waals surface area contributed by atoms with Gasteiger partial charge in [0, 0.05) is 53.9 Å². The van der Waals surface area contributed by atoms with Crippen LogP contribution in [0.3, 0.4) is 0 Å². The minimum absolute atomic E-state index is 0.314. The lowest BCUT2D eigenvalue weighted by atomic mass is 10.1. The molecular weight excluding hydrogens is 643 g/mol. The second kappa shape index (κ2) is 12.2. The van der Waals surface area contributed by atoms with E-state index in [-0.39, 0.29) is 6.29 Å². The molecule has 0 aliphatic rings. The first-order valence-corrected chi connectivity index (χ1v) is 18.2. The van der Waals surface area contributed by atoms with E-state index in [0.29, 0.717) is 6.54 Å². The van der Waals surface area contributed by atoms with Crippen LogP contribution >= 0.6 is 11.3 Å². The Hall–Kier alpha value is -5.76. The number of nitrogens with zero attached hydrogens (tertiary/aromatic N) is 2. The van der Waals surface area contributed by atoms with E-state index in [1.165, 1.54) is 58.3 Å². The molecule has 4 N–H and O–H groups in total. The molecule has 0 saturated carbocycles. The van der Waals surface area contributed by atoms with Crippen LogP contribution in [0.1, 0.15) is 23.6 Å². The summed E-state index contributed by atoms with van der Waals surface area (Å²) in [5.41, 5.74) is 15.0. The van der Waals surface area contributed by atoms with Crippen molar-refractivity contribution in [2.24, 2.45) is 5.73 Å². The van der Waals surface area contributed by atoms with E-state index in [9.17, 15) is 0 Å². The predicted octanol–water partition coefficient (Wildman–Crippen LogP) is 10.8. The summed E-state index contributed by atoms with van der Waals surface area (Å²) in [4.78, 5) is 0. The SMILES string of the molecule is NC(NC(NCc1ccccc1)n1c2ccc(-n3c4ccccc4c4ccccc43)cc2c2c3sc4ccccc4c3ccc21)c1ccccc1. The summed E-state index contributed by atoms with van der Waals surface area (Å²) in [6, 6.07) is 58.5. The molecule has 0 aliphatic carbocycles. The lowest BCUT2D eigenvalue weighted by molar-refractivity contribution is 0.306. The Kier molecular flexibility index (Phi) is 7.22. The first-order chi connectivity index (χ1) is 25.2. The van der Waals surface area contributed by atoms with Crippen LogP contribution in [0.4, 0.5) is 0 Å². The van der Waals surface area contributed by atoms with Crippen molar-refractivity contribution in [3.63, 3.8) is 0 Å². The minimum atomic E-state index is -0.392. The minimum Gasteiger partial charge on any atom is -0.312 e. The average molecular weight is 678 g/mol. The van der Waals surface area contributed by atoms with Gasteiger partial charge in [0.2, 0.25) is 0 Å². The number of benzene rings is 7. The number of para-hydroxylation sites is 2. The Labute approximate surface area is 299 Å². The van der Waals surface area contributed by atoms with Gasteiger partial charge in [0.05, 0.1) is 28.2 Å². The highest BCUT2D eigenvalue weighted by molar-refractivity contribution is 7.26. The van der Waals surface area contributed by atoms with E-state index in [4.69, 9.17) is 5.73 Å². The summed E-state index contributed by atoms with van der Waals surface area (Å²) >= 11 is 1.87. The third-order valence-corrected chi connectivity index (χ3v) is 11.4. The largest absolute Gasteiger partial charge is 0.312 e. The highest BCUT2D eigenvalue weighted by atomic mass is 32.1. The first-order valence-electron chi connectivity index (χ1n) is 17.4. The second-order valence-electron chi connectivity index (χ2n) is 13.2. The van der Waals surface area contributed by atoms with Crippen molar-refractivity contribution in [3.8, 4) is 5.69 Å². The number of rotatable bonds is 8. The van der Waals surface area contributed by atoms with Gasteiger partial charge in [-0.1, -0.05) is 121 Å². The molecule has 246 valence electrons. The molecule has 0 aliphatic heterocycles. The third-order valence-electron chi connectivity index (χ3n) is 10.2. The number of hydrogen-bond donors (Lipinski definition) is 3. The van der Waals surface area contributed by atoms with E-state index in [1.54, 1.807) is 0 Å². The standard InChI is InChI=1S/C45H35N5S/c46-44(30-15-5-2-6-16-30)48-45(47-28-29-13-3-1-4-14-29)50-39-25-23-31(49-37-20-10-7-17-32(37)33-18-8-11-21-38(33)49)27-36(39)42-40(50)26-24-35-34-19-9-12-22-41(34)51-43(35)42/h1-27,44-45,47-48H,28,46H2. The molecule has 0 bridgehead atoms. The van der Waals surface area contributed by atoms with E-state index in [0.717, 1.165) is 22.3 Å². The molecule has 7 aromatic carbocycles. The van der Waals surface area contributed by atoms with Crippen LogP contribution in [-0.4, -0.2) is 9.13 Å². The number of hydrogen-bond acceptors (Lipinski definition) is 4. The zero-order chi connectivity index (χ0) is 33.9. The fourth-order valence-electron chi connectivity index (χ4n) is 7.88. The van der Waals surface area contributed by atoms with Crippen LogP contribution in [0.25, 0.3) is 69.5 Å². The highest BCUT2D eigenvalue weighted by Crippen LogP contribution is 2.44. The van der Waals surface area contributed by atoms with Gasteiger partial charge < -0.3 is 14.9 Å². The predicted molar refractivity (Wildman–Crippen MR) is 215 cm³/mol. The van der Waals surface area contributed by atoms with Crippen LogP contribution in [0, 0.1) is 0 Å². The van der Waals surface area contributed by atoms with Gasteiger partial charge >= 0.3 is 0 Å². The third kappa shape index (κ3) is 4.95. The topological polar surface area (TPSA) is 59.9 Å². The maximum absolute atomic E-state index is 6.93. The molecule has 2 unspecified atom stereocenters. The quantitative estimate of drug-likeness (QED) is 0.140. The normalized spacial score (nSPS) is 13.3. The Morgan fingerprint density at radius 3 is 1.92 bits per heavy atom. The molecular formula is C45H35N5S. The van der Waals surface area contributed by atoms with Crippen molar-refractivity contribution >= 4 is 75.1 Å². The van der Waals surface area contributed by atoms with Crippen LogP contribution in [-0.2, 0) is 6.54 Å². The highest BCUT2D eigenvalue weighted by Gasteiger charge is 2.24. The van der Waals surface area contributed by atoms with Gasteiger partial charge in [0.15, 0.2) is 0 Å². The lowest BCUT2D eigenvalue weighted by Crippen LogP contribution is -2.43. The number of nitrogens with two attached hydrogens (primary N) is 1. The maximum Gasteiger partial charge on any atom is 0.141 e. The summed E-state index contributed by atoms with van der Waals surface area (Å²) < 4.78 is 7.41. The monoisotopic (exact) mass is 677 g/mol. The van der Waals surface area contributed by atoms with Gasteiger partial charge in [-0.15, -0.1) is 11.3 Å². The van der Waals surface area contributed by atoms with Crippen LogP contribution in [0.5, 0.6) is 0 Å². The number of thiophene rings is 1. The summed E-state index contributed by atoms with van der Waals surface area (Å²) in [7, 11) is 0. The van der Waals surface area contributed by atoms with E-state index in [1.807, 2.05) is 29.5 Å². The Bertz CT molecular complexity index is 2810. The van der Waals surface area contributed by atoms with Gasteiger partial charge in [-0.05, 0) is 53.6 Å². The van der Waals surface area contributed by atoms with Crippen molar-refractivity contribution in [2.45, 2.75) is 19.0 Å². The zero-order valence-corrected chi connectivity index (χ0v) is 28.6. The van der Waals surface area contributed by atoms with E-state index < -0.39 is 6.17 Å². The molecule has 5 nitrogen and oxygen atoms in total. The Balaban J connectivity index is 1.24. The average Bonchev–Trinajstić information content (AvgIpc) is 3.84. The molecule has 2 atom stereocenters. The smallest absolute Gasteiger partial charge is 0.141 e. The molecule has 0 radical (unpaired) electrons. The second-order valence-corrected chi connectivity index (χ2v) is 14.3. The molecule has 3 heterocycles. The Morgan fingerprint density at radius 1 is 0.549 bits per heavy atom. The number of fused-ring (bicyclic) bond motifs is 10. The lowest BCUT2D eigenvalue weighted by Gasteiger charge is -2.28. The van der Waals surface area contributed by atoms with Crippen LogP contribution < -0.4 is 16.4 Å². The molecule has 0 fully saturated rings. The van der Waals surface area contributed by atoms with Crippen molar-refractivity contribution in [3.05, 3.63) is 175 Å². The molecule has 0 spiro atoms. The molecule has 3 aromatic heterocycles. The summed E-state index contributed by atoms with van der Waals surface area (Å²) in [6.07, 6.45) is -0.705. The Morgan fingerprint density at radius 2 is 1.18 bits per heavy atom. The van der Waals surface area contributed by atoms with Crippen LogP contribution in [0.15, 0.2) is 164 Å². The molecule has 0 amide bonds. The molecule has 51 heavy (non-hydrogen) atoms. The van der Waals surface area contributed by atoms with Gasteiger partial charge in [0.1, 0.15) is 6.29 Å². The van der Waals surface area contributed by atoms with Gasteiger partial charge in [0.25, 0.3) is 0 Å². The summed E-state index contributed by atoms with van der Waals surface area (Å²) in [5.74, 6) is 0. The summed E-state index contributed by atoms with van der Waals surface area (Å²) in [6.45, 7) is 0.672. The first kappa shape index (κ1) is 30.1. The van der Waals surface area contributed by atoms with Crippen molar-refractivity contribution in [1.29, 1.82) is 0 Å². The van der Waals surface area contributed by atoms with Crippen LogP contribution in [0.2, 0.25) is 0 Å². The van der Waals surface area contributed by atoms with E-state index >= 15 is 0 Å². The van der Waals surface area contributed by atoms with Crippen molar-refractivity contribution in [2.75, 3.05) is 0 Å². The fraction of sp³-hybridized carbons (Fsp3) is 0.0667. The molecule has 6 heteroatoms. The number of nitrogens with one attached hydrogen (secondary N) is 2. The summed E-state index contributed by atoms with van der Waals surface area (Å²) in [5, 5.41) is 15.2. The van der Waals surface area contributed by atoms with Crippen molar-refractivity contribution in [1.82, 2.24) is 19.8 Å². The van der Waals surface area contributed by atoms with Gasteiger partial charge in [-0.2, -0.15) is 0 Å². The van der Waals surface area contributed by atoms with Gasteiger partial charge in [-0.3, -0.25) is 10.6 Å². The van der Waals surface area contributed by atoms with Gasteiger partial charge in [-0.25, -0.2) is 0 Å². The maximum atomic E-state index is 6.93. The zero-order valence-electron chi connectivity index (χ0n) is 27.8.